The third-order valence-corrected chi connectivity index (χ3v) is 1.38. The quantitative estimate of drug-likeness (QED) is 0.105. The third kappa shape index (κ3) is 5.84. The molecule has 0 aromatic carbocycles. The molecule has 1 N–H and O–H groups in total. The molecule has 0 heterocycles. The minimum Gasteiger partial charge on any atom is -0.411 e. The zero-order valence-electron chi connectivity index (χ0n) is 8.33. The summed E-state index contributed by atoms with van der Waals surface area (Å²) in [5, 5.41) is 14.6. The second-order valence-corrected chi connectivity index (χ2v) is 2.69. The average molecular weight is 198 g/mol. The van der Waals surface area contributed by atoms with Crippen molar-refractivity contribution in [2.24, 2.45) is 15.3 Å². The van der Waals surface area contributed by atoms with Gasteiger partial charge in [-0.25, -0.2) is 0 Å². The van der Waals surface area contributed by atoms with Crippen LogP contribution >= 0.6 is 0 Å². The van der Waals surface area contributed by atoms with Crippen molar-refractivity contribution in [3.8, 4) is 0 Å². The van der Waals surface area contributed by atoms with Crippen molar-refractivity contribution in [2.45, 2.75) is 6.42 Å². The van der Waals surface area contributed by atoms with Crippen LogP contribution in [0.4, 0.5) is 0 Å². The summed E-state index contributed by atoms with van der Waals surface area (Å²) in [5.74, 6) is 0.577. The molecule has 0 aliphatic rings. The predicted molar refractivity (Wildman–Crippen MR) is 54.9 cm³/mol. The number of azide groups is 1. The van der Waals surface area contributed by atoms with Crippen LogP contribution in [0, 0.1) is 0 Å². The van der Waals surface area contributed by atoms with E-state index >= 15 is 0 Å². The molecule has 0 radical (unpaired) electrons. The molecule has 7 nitrogen and oxygen atoms in total. The van der Waals surface area contributed by atoms with Gasteiger partial charge in [0.05, 0.1) is 0 Å². The standard InChI is InChI=1S/C7H14N6O/c1-13(2)7(6-11-14)9-4-3-5-10-12-8/h6,14H,3-5H2,1-2H3/b9-7?,11-6+. The zero-order valence-corrected chi connectivity index (χ0v) is 8.33. The first-order valence-electron chi connectivity index (χ1n) is 4.12. The molecular formula is C7H14N6O. The van der Waals surface area contributed by atoms with Gasteiger partial charge in [-0.3, -0.25) is 4.99 Å². The van der Waals surface area contributed by atoms with Gasteiger partial charge in [-0.2, -0.15) is 0 Å². The smallest absolute Gasteiger partial charge is 0.145 e. The molecule has 0 unspecified atom stereocenters. The van der Waals surface area contributed by atoms with Crippen LogP contribution < -0.4 is 0 Å². The Labute approximate surface area is 82.4 Å². The Bertz CT molecular complexity index is 253. The Balaban J connectivity index is 3.97. The molecule has 0 aliphatic heterocycles. The highest BCUT2D eigenvalue weighted by Crippen LogP contribution is 1.87. The van der Waals surface area contributed by atoms with Gasteiger partial charge in [0.25, 0.3) is 0 Å². The van der Waals surface area contributed by atoms with E-state index < -0.39 is 0 Å². The lowest BCUT2D eigenvalue weighted by Crippen LogP contribution is -2.23. The second-order valence-electron chi connectivity index (χ2n) is 2.69. The Morgan fingerprint density at radius 1 is 1.50 bits per heavy atom. The minimum absolute atomic E-state index is 0.428. The van der Waals surface area contributed by atoms with Crippen LogP contribution in [0.25, 0.3) is 10.4 Å². The highest BCUT2D eigenvalue weighted by Gasteiger charge is 1.96. The van der Waals surface area contributed by atoms with E-state index in [9.17, 15) is 0 Å². The van der Waals surface area contributed by atoms with E-state index in [0.717, 1.165) is 0 Å². The summed E-state index contributed by atoms with van der Waals surface area (Å²) in [6.45, 7) is 0.968. The number of hydrogen-bond acceptors (Lipinski definition) is 4. The van der Waals surface area contributed by atoms with Crippen LogP contribution in [0.1, 0.15) is 6.42 Å². The van der Waals surface area contributed by atoms with E-state index in [4.69, 9.17) is 10.7 Å². The Morgan fingerprint density at radius 2 is 2.21 bits per heavy atom. The maximum Gasteiger partial charge on any atom is 0.145 e. The van der Waals surface area contributed by atoms with E-state index in [0.29, 0.717) is 25.3 Å². The van der Waals surface area contributed by atoms with Gasteiger partial charge < -0.3 is 10.1 Å². The second kappa shape index (κ2) is 7.88. The molecule has 0 bridgehead atoms. The van der Waals surface area contributed by atoms with E-state index in [2.05, 4.69) is 20.2 Å². The highest BCUT2D eigenvalue weighted by molar-refractivity contribution is 6.28. The fourth-order valence-electron chi connectivity index (χ4n) is 0.729. The van der Waals surface area contributed by atoms with E-state index in [1.54, 1.807) is 19.0 Å². The first-order valence-corrected chi connectivity index (χ1v) is 4.12. The Kier molecular flexibility index (Phi) is 6.89. The molecule has 0 amide bonds. The van der Waals surface area contributed by atoms with Gasteiger partial charge >= 0.3 is 0 Å². The minimum atomic E-state index is 0.428. The van der Waals surface area contributed by atoms with Gasteiger partial charge in [-0.05, 0) is 12.0 Å². The number of rotatable bonds is 5. The first kappa shape index (κ1) is 12.2. The summed E-state index contributed by atoms with van der Waals surface area (Å²) in [6, 6.07) is 0. The van der Waals surface area contributed by atoms with Crippen LogP contribution in [0.15, 0.2) is 15.3 Å². The van der Waals surface area contributed by atoms with Crippen LogP contribution in [-0.2, 0) is 0 Å². The van der Waals surface area contributed by atoms with E-state index in [1.807, 2.05) is 0 Å². The lowest BCUT2D eigenvalue weighted by Gasteiger charge is -2.10. The Morgan fingerprint density at radius 3 is 2.71 bits per heavy atom. The number of aliphatic imine (C=N–C) groups is 1. The highest BCUT2D eigenvalue weighted by atomic mass is 16.4. The molecule has 0 aliphatic carbocycles. The Hall–Kier alpha value is -1.75. The van der Waals surface area contributed by atoms with Crippen molar-refractivity contribution in [1.82, 2.24) is 4.90 Å². The first-order chi connectivity index (χ1) is 6.72. The number of nitrogens with zero attached hydrogens (tertiary/aromatic N) is 6. The zero-order chi connectivity index (χ0) is 10.8. The predicted octanol–water partition coefficient (Wildman–Crippen LogP) is 1.11. The van der Waals surface area contributed by atoms with Gasteiger partial charge in [0.15, 0.2) is 0 Å². The summed E-state index contributed by atoms with van der Waals surface area (Å²) in [4.78, 5) is 8.49. The number of hydrogen-bond donors (Lipinski definition) is 1. The van der Waals surface area contributed by atoms with Gasteiger partial charge in [0.2, 0.25) is 0 Å². The number of oxime groups is 1. The molecule has 0 aromatic heterocycles. The van der Waals surface area contributed by atoms with Gasteiger partial charge in [0.1, 0.15) is 12.1 Å². The van der Waals surface area contributed by atoms with Crippen molar-refractivity contribution in [3.63, 3.8) is 0 Å². The molecule has 0 spiro atoms. The molecule has 78 valence electrons. The lowest BCUT2D eigenvalue weighted by molar-refractivity contribution is 0.322. The molecule has 0 atom stereocenters. The van der Waals surface area contributed by atoms with E-state index in [-0.39, 0.29) is 0 Å². The van der Waals surface area contributed by atoms with Gasteiger partial charge in [-0.15, -0.1) is 0 Å². The van der Waals surface area contributed by atoms with Crippen LogP contribution in [0.3, 0.4) is 0 Å². The van der Waals surface area contributed by atoms with Gasteiger partial charge in [0, 0.05) is 32.1 Å². The fraction of sp³-hybridized carbons (Fsp3) is 0.714. The molecule has 0 rings (SSSR count). The van der Waals surface area contributed by atoms with Crippen molar-refractivity contribution < 1.29 is 5.21 Å². The monoisotopic (exact) mass is 198 g/mol. The average Bonchev–Trinajstić information content (AvgIpc) is 2.15. The van der Waals surface area contributed by atoms with Crippen LogP contribution in [0.5, 0.6) is 0 Å². The lowest BCUT2D eigenvalue weighted by atomic mass is 10.4. The summed E-state index contributed by atoms with van der Waals surface area (Å²) < 4.78 is 0. The van der Waals surface area contributed by atoms with Crippen molar-refractivity contribution in [1.29, 1.82) is 0 Å². The largest absolute Gasteiger partial charge is 0.411 e. The third-order valence-electron chi connectivity index (χ3n) is 1.38. The normalized spacial score (nSPS) is 11.4. The molecule has 0 saturated heterocycles. The molecule has 0 saturated carbocycles. The van der Waals surface area contributed by atoms with Crippen LogP contribution in [0.2, 0.25) is 0 Å². The van der Waals surface area contributed by atoms with Gasteiger partial charge in [-0.1, -0.05) is 10.3 Å². The van der Waals surface area contributed by atoms with Crippen molar-refractivity contribution in [2.75, 3.05) is 27.2 Å². The number of amidine groups is 1. The molecule has 0 fully saturated rings. The fourth-order valence-corrected chi connectivity index (χ4v) is 0.729. The molecule has 14 heavy (non-hydrogen) atoms. The molecule has 7 heteroatoms. The summed E-state index contributed by atoms with van der Waals surface area (Å²) >= 11 is 0. The molecule has 0 aromatic rings. The van der Waals surface area contributed by atoms with Crippen LogP contribution in [-0.4, -0.2) is 49.3 Å². The van der Waals surface area contributed by atoms with Crippen molar-refractivity contribution >= 4 is 12.1 Å². The molecular weight excluding hydrogens is 184 g/mol. The SMILES string of the molecule is CN(C)C(/C=N/O)=NCCCN=[N+]=[N-]. The topological polar surface area (TPSA) is 97.0 Å². The van der Waals surface area contributed by atoms with Crippen molar-refractivity contribution in [3.05, 3.63) is 10.4 Å². The maximum absolute atomic E-state index is 8.32. The summed E-state index contributed by atoms with van der Waals surface area (Å²) in [6.07, 6.45) is 1.94. The van der Waals surface area contributed by atoms with E-state index in [1.165, 1.54) is 6.21 Å². The summed E-state index contributed by atoms with van der Waals surface area (Å²) in [5.41, 5.74) is 8.01. The summed E-state index contributed by atoms with van der Waals surface area (Å²) in [7, 11) is 3.60. The maximum atomic E-state index is 8.32.